The summed E-state index contributed by atoms with van der Waals surface area (Å²) in [5.74, 6) is 1.32. The predicted octanol–water partition coefficient (Wildman–Crippen LogP) is 6.00. The molecule has 0 radical (unpaired) electrons. The zero-order valence-corrected chi connectivity index (χ0v) is 23.6. The Balaban J connectivity index is 1.15. The van der Waals surface area contributed by atoms with E-state index in [2.05, 4.69) is 77.7 Å². The van der Waals surface area contributed by atoms with E-state index in [0.29, 0.717) is 6.54 Å². The van der Waals surface area contributed by atoms with Crippen LogP contribution < -0.4 is 4.90 Å². The highest BCUT2D eigenvalue weighted by atomic mass is 79.9. The van der Waals surface area contributed by atoms with Crippen molar-refractivity contribution in [1.29, 1.82) is 0 Å². The third-order valence-electron chi connectivity index (χ3n) is 7.70. The lowest BCUT2D eigenvalue weighted by atomic mass is 9.96. The quantitative estimate of drug-likeness (QED) is 0.285. The summed E-state index contributed by atoms with van der Waals surface area (Å²) < 4.78 is 3.29. The van der Waals surface area contributed by atoms with Gasteiger partial charge in [-0.15, -0.1) is 0 Å². The highest BCUT2D eigenvalue weighted by molar-refractivity contribution is 9.10. The number of aromatic nitrogens is 2. The molecule has 0 saturated carbocycles. The van der Waals surface area contributed by atoms with Crippen molar-refractivity contribution in [2.45, 2.75) is 19.4 Å². The summed E-state index contributed by atoms with van der Waals surface area (Å²) in [5.41, 5.74) is 4.23. The fourth-order valence-corrected chi connectivity index (χ4v) is 6.46. The van der Waals surface area contributed by atoms with E-state index in [0.717, 1.165) is 89.8 Å². The van der Waals surface area contributed by atoms with Gasteiger partial charge in [-0.25, -0.2) is 4.98 Å². The van der Waals surface area contributed by atoms with Crippen LogP contribution in [-0.2, 0) is 11.3 Å². The van der Waals surface area contributed by atoms with Crippen molar-refractivity contribution < 1.29 is 4.79 Å². The van der Waals surface area contributed by atoms with E-state index in [1.54, 1.807) is 0 Å². The van der Waals surface area contributed by atoms with Gasteiger partial charge >= 0.3 is 0 Å². The minimum Gasteiger partial charge on any atom is -0.367 e. The lowest BCUT2D eigenvalue weighted by molar-refractivity contribution is -0.137. The van der Waals surface area contributed by atoms with Crippen LogP contribution in [0.4, 0.5) is 5.69 Å². The van der Waals surface area contributed by atoms with E-state index in [1.165, 1.54) is 0 Å². The summed E-state index contributed by atoms with van der Waals surface area (Å²) in [5, 5.41) is 0.768. The number of piperidine rings is 1. The van der Waals surface area contributed by atoms with E-state index in [1.807, 2.05) is 30.3 Å². The Labute approximate surface area is 236 Å². The molecule has 4 aromatic rings. The lowest BCUT2D eigenvalue weighted by Crippen LogP contribution is -2.52. The molecule has 0 bridgehead atoms. The molecule has 3 heterocycles. The molecule has 6 rings (SSSR count). The number of hydrogen-bond donors (Lipinski definition) is 0. The standard InChI is InChI=1S/C30H31BrClN5O/c31-23-8-5-9-24(19-23)37-28-13-4-2-11-26(28)33-29(37)21-34-14-6-7-22(20-34)30(38)36-17-15-35(16-18-36)27-12-3-1-10-25(27)32/h1-5,8-13,19,22H,6-7,14-18,20-21H2/t22-/m1/s1. The van der Waals surface area contributed by atoms with Gasteiger partial charge < -0.3 is 9.80 Å². The lowest BCUT2D eigenvalue weighted by Gasteiger charge is -2.40. The molecule has 0 aliphatic carbocycles. The third-order valence-corrected chi connectivity index (χ3v) is 8.51. The van der Waals surface area contributed by atoms with Crippen molar-refractivity contribution in [3.8, 4) is 5.69 Å². The number of halogens is 2. The molecule has 2 saturated heterocycles. The Kier molecular flexibility index (Phi) is 7.41. The van der Waals surface area contributed by atoms with Crippen LogP contribution in [0.25, 0.3) is 16.7 Å². The number of nitrogens with zero attached hydrogens (tertiary/aromatic N) is 5. The molecule has 3 aromatic carbocycles. The van der Waals surface area contributed by atoms with E-state index >= 15 is 0 Å². The van der Waals surface area contributed by atoms with Crippen LogP contribution in [0.5, 0.6) is 0 Å². The first-order valence-corrected chi connectivity index (χ1v) is 14.5. The van der Waals surface area contributed by atoms with Crippen molar-refractivity contribution in [3.05, 3.63) is 88.1 Å². The predicted molar refractivity (Wildman–Crippen MR) is 157 cm³/mol. The molecular weight excluding hydrogens is 562 g/mol. The maximum atomic E-state index is 13.6. The average Bonchev–Trinajstić information content (AvgIpc) is 3.31. The summed E-state index contributed by atoms with van der Waals surface area (Å²) in [4.78, 5) is 25.3. The zero-order valence-electron chi connectivity index (χ0n) is 21.3. The van der Waals surface area contributed by atoms with Gasteiger partial charge in [0.05, 0.1) is 34.2 Å². The normalized spacial score (nSPS) is 18.7. The van der Waals surface area contributed by atoms with Crippen LogP contribution in [0.15, 0.2) is 77.3 Å². The Morgan fingerprint density at radius 2 is 1.74 bits per heavy atom. The maximum absolute atomic E-state index is 13.6. The number of amides is 1. The van der Waals surface area contributed by atoms with Gasteiger partial charge in [0.25, 0.3) is 0 Å². The minimum absolute atomic E-state index is 0.0271. The molecule has 0 N–H and O–H groups in total. The topological polar surface area (TPSA) is 44.6 Å². The first kappa shape index (κ1) is 25.4. The van der Waals surface area contributed by atoms with Crippen molar-refractivity contribution in [1.82, 2.24) is 19.4 Å². The first-order valence-electron chi connectivity index (χ1n) is 13.3. The van der Waals surface area contributed by atoms with Gasteiger partial charge in [0.1, 0.15) is 5.82 Å². The van der Waals surface area contributed by atoms with Crippen LogP contribution >= 0.6 is 27.5 Å². The highest BCUT2D eigenvalue weighted by Crippen LogP contribution is 2.29. The van der Waals surface area contributed by atoms with Crippen LogP contribution in [0.2, 0.25) is 5.02 Å². The number of para-hydroxylation sites is 3. The highest BCUT2D eigenvalue weighted by Gasteiger charge is 2.32. The van der Waals surface area contributed by atoms with Gasteiger partial charge in [0.2, 0.25) is 5.91 Å². The number of imidazole rings is 1. The molecule has 0 unspecified atom stereocenters. The van der Waals surface area contributed by atoms with Crippen LogP contribution in [-0.4, -0.2) is 64.5 Å². The van der Waals surface area contributed by atoms with Crippen LogP contribution in [0.3, 0.4) is 0 Å². The van der Waals surface area contributed by atoms with E-state index < -0.39 is 0 Å². The third kappa shape index (κ3) is 5.20. The molecular formula is C30H31BrClN5O. The van der Waals surface area contributed by atoms with Crippen molar-refractivity contribution in [2.75, 3.05) is 44.2 Å². The van der Waals surface area contributed by atoms with Crippen molar-refractivity contribution in [3.63, 3.8) is 0 Å². The smallest absolute Gasteiger partial charge is 0.227 e. The molecule has 0 spiro atoms. The molecule has 38 heavy (non-hydrogen) atoms. The van der Waals surface area contributed by atoms with Gasteiger partial charge in [-0.05, 0) is 61.9 Å². The Morgan fingerprint density at radius 1 is 0.947 bits per heavy atom. The van der Waals surface area contributed by atoms with Gasteiger partial charge in [-0.1, -0.05) is 57.9 Å². The fraction of sp³-hybridized carbons (Fsp3) is 0.333. The van der Waals surface area contributed by atoms with Gasteiger partial charge in [0.15, 0.2) is 0 Å². The second kappa shape index (κ2) is 11.1. The summed E-state index contributed by atoms with van der Waals surface area (Å²) in [6.07, 6.45) is 1.97. The fourth-order valence-electron chi connectivity index (χ4n) is 5.82. The number of likely N-dealkylation sites (tertiary alicyclic amines) is 1. The van der Waals surface area contributed by atoms with Crippen molar-refractivity contribution in [2.24, 2.45) is 5.92 Å². The van der Waals surface area contributed by atoms with Crippen LogP contribution in [0, 0.1) is 5.92 Å². The van der Waals surface area contributed by atoms with Crippen molar-refractivity contribution >= 4 is 50.2 Å². The van der Waals surface area contributed by atoms with Gasteiger partial charge in [-0.2, -0.15) is 0 Å². The molecule has 1 aromatic heterocycles. The molecule has 2 aliphatic heterocycles. The molecule has 1 atom stereocenters. The largest absolute Gasteiger partial charge is 0.367 e. The van der Waals surface area contributed by atoms with Gasteiger partial charge in [0, 0.05) is 42.9 Å². The molecule has 8 heteroatoms. The maximum Gasteiger partial charge on any atom is 0.227 e. The minimum atomic E-state index is 0.0271. The number of anilines is 1. The number of piperazine rings is 1. The molecule has 1 amide bonds. The second-order valence-corrected chi connectivity index (χ2v) is 11.5. The second-order valence-electron chi connectivity index (χ2n) is 10.2. The molecule has 2 fully saturated rings. The van der Waals surface area contributed by atoms with Gasteiger partial charge in [-0.3, -0.25) is 14.3 Å². The summed E-state index contributed by atoms with van der Waals surface area (Å²) in [6, 6.07) is 24.6. The summed E-state index contributed by atoms with van der Waals surface area (Å²) in [6.45, 7) is 5.55. The van der Waals surface area contributed by atoms with Crippen LogP contribution in [0.1, 0.15) is 18.7 Å². The Morgan fingerprint density at radius 3 is 2.55 bits per heavy atom. The number of carbonyl (C=O) groups excluding carboxylic acids is 1. The number of fused-ring (bicyclic) bond motifs is 1. The first-order chi connectivity index (χ1) is 18.6. The Hall–Kier alpha value is -2.87. The molecule has 196 valence electrons. The van der Waals surface area contributed by atoms with E-state index in [-0.39, 0.29) is 11.8 Å². The number of carbonyl (C=O) groups is 1. The summed E-state index contributed by atoms with van der Waals surface area (Å²) >= 11 is 10.0. The summed E-state index contributed by atoms with van der Waals surface area (Å²) in [7, 11) is 0. The monoisotopic (exact) mass is 591 g/mol. The number of hydrogen-bond acceptors (Lipinski definition) is 4. The number of rotatable bonds is 5. The Bertz CT molecular complexity index is 1450. The average molecular weight is 593 g/mol. The number of benzene rings is 3. The van der Waals surface area contributed by atoms with E-state index in [4.69, 9.17) is 16.6 Å². The SMILES string of the molecule is O=C([C@@H]1CCCN(Cc2nc3ccccc3n2-c2cccc(Br)c2)C1)N1CCN(c2ccccc2Cl)CC1. The van der Waals surface area contributed by atoms with E-state index in [9.17, 15) is 4.79 Å². The zero-order chi connectivity index (χ0) is 26.1. The molecule has 2 aliphatic rings. The molecule has 6 nitrogen and oxygen atoms in total.